The lowest BCUT2D eigenvalue weighted by Crippen LogP contribution is -2.37. The number of hydrogen-bond acceptors (Lipinski definition) is 2. The molecule has 4 nitrogen and oxygen atoms in total. The van der Waals surface area contributed by atoms with Crippen molar-refractivity contribution >= 4 is 34.8 Å². The molecule has 5 heteroatoms. The Morgan fingerprint density at radius 1 is 1.00 bits per heavy atom. The Kier molecular flexibility index (Phi) is 7.03. The normalized spacial score (nSPS) is 11.0. The van der Waals surface area contributed by atoms with E-state index in [0.29, 0.717) is 10.7 Å². The largest absolute Gasteiger partial charge is 0.324 e. The van der Waals surface area contributed by atoms with Crippen molar-refractivity contribution in [2.45, 2.75) is 46.5 Å². The third-order valence-electron chi connectivity index (χ3n) is 4.44. The zero-order valence-electron chi connectivity index (χ0n) is 16.5. The van der Waals surface area contributed by atoms with Gasteiger partial charge >= 0.3 is 0 Å². The van der Waals surface area contributed by atoms with Crippen molar-refractivity contribution in [3.05, 3.63) is 58.6 Å². The van der Waals surface area contributed by atoms with Crippen LogP contribution in [0.5, 0.6) is 0 Å². The lowest BCUT2D eigenvalue weighted by Gasteiger charge is -2.23. The van der Waals surface area contributed by atoms with E-state index in [-0.39, 0.29) is 30.2 Å². The van der Waals surface area contributed by atoms with Gasteiger partial charge in [0.2, 0.25) is 11.8 Å². The highest BCUT2D eigenvalue weighted by Gasteiger charge is 2.20. The molecule has 27 heavy (non-hydrogen) atoms. The van der Waals surface area contributed by atoms with Gasteiger partial charge in [0.15, 0.2) is 0 Å². The third kappa shape index (κ3) is 5.33. The molecule has 0 heterocycles. The molecule has 144 valence electrons. The Bertz CT molecular complexity index is 805. The van der Waals surface area contributed by atoms with Gasteiger partial charge in [0.1, 0.15) is 6.54 Å². The van der Waals surface area contributed by atoms with Crippen molar-refractivity contribution in [1.29, 1.82) is 0 Å². The maximum absolute atomic E-state index is 12.8. The first-order chi connectivity index (χ1) is 12.7. The van der Waals surface area contributed by atoms with E-state index >= 15 is 0 Å². The van der Waals surface area contributed by atoms with E-state index in [1.807, 2.05) is 18.2 Å². The van der Waals surface area contributed by atoms with E-state index in [9.17, 15) is 9.59 Å². The lowest BCUT2D eigenvalue weighted by molar-refractivity contribution is -0.120. The number of para-hydroxylation sites is 1. The first-order valence-corrected chi connectivity index (χ1v) is 9.54. The fourth-order valence-electron chi connectivity index (χ4n) is 3.05. The number of halogens is 1. The Labute approximate surface area is 166 Å². The smallest absolute Gasteiger partial charge is 0.244 e. The summed E-state index contributed by atoms with van der Waals surface area (Å²) < 4.78 is 0. The molecular formula is C22H27ClN2O2. The van der Waals surface area contributed by atoms with Crippen LogP contribution in [0.25, 0.3) is 0 Å². The molecule has 2 amide bonds. The number of amides is 2. The van der Waals surface area contributed by atoms with Gasteiger partial charge in [0.05, 0.1) is 0 Å². The maximum atomic E-state index is 12.8. The van der Waals surface area contributed by atoms with Gasteiger partial charge in [-0.25, -0.2) is 0 Å². The van der Waals surface area contributed by atoms with Crippen molar-refractivity contribution in [2.75, 3.05) is 16.8 Å². The van der Waals surface area contributed by atoms with Crippen LogP contribution in [-0.2, 0) is 9.59 Å². The molecule has 2 aromatic carbocycles. The number of anilines is 2. The molecule has 0 saturated heterocycles. The molecule has 0 atom stereocenters. The molecule has 0 aliphatic heterocycles. The van der Waals surface area contributed by atoms with Crippen LogP contribution in [0.15, 0.2) is 42.5 Å². The van der Waals surface area contributed by atoms with E-state index in [4.69, 9.17) is 11.6 Å². The molecule has 0 aliphatic rings. The summed E-state index contributed by atoms with van der Waals surface area (Å²) in [5, 5.41) is 3.57. The minimum Gasteiger partial charge on any atom is -0.324 e. The summed E-state index contributed by atoms with van der Waals surface area (Å²) in [6.45, 7) is 9.77. The monoisotopic (exact) mass is 386 g/mol. The molecule has 0 aliphatic carbocycles. The number of carbonyl (C=O) groups is 2. The number of nitrogens with zero attached hydrogens (tertiary/aromatic N) is 1. The fourth-order valence-corrected chi connectivity index (χ4v) is 3.23. The zero-order valence-corrected chi connectivity index (χ0v) is 17.3. The summed E-state index contributed by atoms with van der Waals surface area (Å²) in [6, 6.07) is 13.0. The lowest BCUT2D eigenvalue weighted by atomic mass is 9.92. The van der Waals surface area contributed by atoms with Crippen molar-refractivity contribution in [3.63, 3.8) is 0 Å². The van der Waals surface area contributed by atoms with Crippen LogP contribution >= 0.6 is 11.6 Å². The van der Waals surface area contributed by atoms with E-state index in [1.54, 1.807) is 24.3 Å². The minimum absolute atomic E-state index is 0.0698. The quantitative estimate of drug-likeness (QED) is 0.704. The second kappa shape index (κ2) is 9.05. The molecule has 2 aromatic rings. The highest BCUT2D eigenvalue weighted by atomic mass is 35.5. The highest BCUT2D eigenvalue weighted by Crippen LogP contribution is 2.32. The molecule has 0 spiro atoms. The summed E-state index contributed by atoms with van der Waals surface area (Å²) in [7, 11) is 0. The van der Waals surface area contributed by atoms with E-state index in [0.717, 1.165) is 16.8 Å². The van der Waals surface area contributed by atoms with Gasteiger partial charge in [-0.15, -0.1) is 0 Å². The Morgan fingerprint density at radius 2 is 1.56 bits per heavy atom. The zero-order chi connectivity index (χ0) is 20.1. The predicted molar refractivity (Wildman–Crippen MR) is 113 cm³/mol. The highest BCUT2D eigenvalue weighted by molar-refractivity contribution is 6.31. The van der Waals surface area contributed by atoms with E-state index in [2.05, 4.69) is 33.0 Å². The number of nitrogens with one attached hydrogen (secondary N) is 1. The maximum Gasteiger partial charge on any atom is 0.244 e. The summed E-state index contributed by atoms with van der Waals surface area (Å²) in [5.74, 6) is 0.0977. The number of rotatable bonds is 6. The topological polar surface area (TPSA) is 49.4 Å². The minimum atomic E-state index is -0.236. The van der Waals surface area contributed by atoms with E-state index in [1.165, 1.54) is 11.8 Å². The molecule has 0 aromatic heterocycles. The Hall–Kier alpha value is -2.33. The van der Waals surface area contributed by atoms with Crippen LogP contribution in [0.2, 0.25) is 5.02 Å². The van der Waals surface area contributed by atoms with Crippen LogP contribution in [0.3, 0.4) is 0 Å². The summed E-state index contributed by atoms with van der Waals surface area (Å²) in [5.41, 5.74) is 3.63. The molecule has 0 saturated carbocycles. The van der Waals surface area contributed by atoms with Gasteiger partial charge in [-0.1, -0.05) is 63.6 Å². The van der Waals surface area contributed by atoms with Crippen LogP contribution in [0, 0.1) is 0 Å². The summed E-state index contributed by atoms with van der Waals surface area (Å²) in [6.07, 6.45) is 0. The molecular weight excluding hydrogens is 360 g/mol. The van der Waals surface area contributed by atoms with Gasteiger partial charge in [0, 0.05) is 23.3 Å². The van der Waals surface area contributed by atoms with Crippen LogP contribution in [-0.4, -0.2) is 18.4 Å². The van der Waals surface area contributed by atoms with Crippen LogP contribution in [0.4, 0.5) is 11.4 Å². The number of hydrogen-bond donors (Lipinski definition) is 1. The molecule has 0 fully saturated rings. The summed E-state index contributed by atoms with van der Waals surface area (Å²) >= 11 is 6.03. The Morgan fingerprint density at radius 3 is 2.04 bits per heavy atom. The second-order valence-electron chi connectivity index (χ2n) is 7.25. The van der Waals surface area contributed by atoms with Crippen molar-refractivity contribution in [2.24, 2.45) is 0 Å². The number of carbonyl (C=O) groups excluding carboxylic acids is 2. The van der Waals surface area contributed by atoms with Gasteiger partial charge in [0.25, 0.3) is 0 Å². The molecule has 0 unspecified atom stereocenters. The SMILES string of the molecule is CC(=O)N(CC(=O)Nc1c(C(C)C)cccc1C(C)C)c1cccc(Cl)c1. The van der Waals surface area contributed by atoms with Crippen molar-refractivity contribution in [3.8, 4) is 0 Å². The molecule has 0 bridgehead atoms. The average Bonchev–Trinajstić information content (AvgIpc) is 2.59. The Balaban J connectivity index is 2.30. The van der Waals surface area contributed by atoms with Gasteiger partial charge < -0.3 is 10.2 Å². The standard InChI is InChI=1S/C22H27ClN2O2/c1-14(2)19-10-7-11-20(15(3)4)22(19)24-21(27)13-25(16(5)26)18-9-6-8-17(23)12-18/h6-12,14-15H,13H2,1-5H3,(H,24,27). The van der Waals surface area contributed by atoms with Crippen molar-refractivity contribution < 1.29 is 9.59 Å². The molecule has 0 radical (unpaired) electrons. The van der Waals surface area contributed by atoms with Gasteiger partial charge in [-0.3, -0.25) is 9.59 Å². The second-order valence-corrected chi connectivity index (χ2v) is 7.69. The first-order valence-electron chi connectivity index (χ1n) is 9.17. The third-order valence-corrected chi connectivity index (χ3v) is 4.67. The fraction of sp³-hybridized carbons (Fsp3) is 0.364. The number of benzene rings is 2. The first kappa shape index (κ1) is 21.0. The van der Waals surface area contributed by atoms with E-state index < -0.39 is 0 Å². The van der Waals surface area contributed by atoms with Crippen molar-refractivity contribution in [1.82, 2.24) is 0 Å². The van der Waals surface area contributed by atoms with Gasteiger partial charge in [-0.05, 0) is 41.2 Å². The van der Waals surface area contributed by atoms with Gasteiger partial charge in [-0.2, -0.15) is 0 Å². The predicted octanol–water partition coefficient (Wildman–Crippen LogP) is 5.58. The molecule has 2 rings (SSSR count). The van der Waals surface area contributed by atoms with Crippen LogP contribution < -0.4 is 10.2 Å². The summed E-state index contributed by atoms with van der Waals surface area (Å²) in [4.78, 5) is 26.3. The molecule has 1 N–H and O–H groups in total. The average molecular weight is 387 g/mol. The van der Waals surface area contributed by atoms with Crippen LogP contribution in [0.1, 0.15) is 57.6 Å².